The molecule has 1 saturated heterocycles. The summed E-state index contributed by atoms with van der Waals surface area (Å²) in [6.45, 7) is 3.07. The Morgan fingerprint density at radius 3 is 3.09 bits per heavy atom. The number of nitrogens with zero attached hydrogens (tertiary/aromatic N) is 2. The highest BCUT2D eigenvalue weighted by atomic mass is 16.5. The van der Waals surface area contributed by atoms with Gasteiger partial charge in [-0.2, -0.15) is 5.10 Å². The first kappa shape index (κ1) is 15.5. The van der Waals surface area contributed by atoms with Crippen molar-refractivity contribution in [3.8, 4) is 0 Å². The predicted molar refractivity (Wildman–Crippen MR) is 82.9 cm³/mol. The number of amides is 1. The van der Waals surface area contributed by atoms with Crippen LogP contribution in [0.3, 0.4) is 0 Å². The molecule has 0 bridgehead atoms. The molecule has 1 aromatic rings. The molecule has 2 aliphatic rings. The van der Waals surface area contributed by atoms with Crippen molar-refractivity contribution in [2.45, 2.75) is 57.7 Å². The topological polar surface area (TPSA) is 65.4 Å². The second kappa shape index (κ2) is 6.79. The molecular weight excluding hydrogens is 282 g/mol. The maximum absolute atomic E-state index is 12.3. The molecule has 0 aromatic carbocycles. The number of carbonyl (C=O) groups is 1. The van der Waals surface area contributed by atoms with Crippen molar-refractivity contribution < 1.29 is 14.3 Å². The third-order valence-corrected chi connectivity index (χ3v) is 4.49. The van der Waals surface area contributed by atoms with E-state index in [1.807, 2.05) is 7.05 Å². The zero-order valence-electron chi connectivity index (χ0n) is 13.4. The monoisotopic (exact) mass is 307 g/mol. The van der Waals surface area contributed by atoms with E-state index < -0.39 is 6.10 Å². The van der Waals surface area contributed by atoms with E-state index >= 15 is 0 Å². The SMILES string of the molecule is CC(OCC1CCCCO1)C(=O)Nc1c2c(nn1C)CCC2. The molecule has 6 nitrogen and oxygen atoms in total. The third-order valence-electron chi connectivity index (χ3n) is 4.49. The molecule has 0 spiro atoms. The van der Waals surface area contributed by atoms with Gasteiger partial charge in [0.15, 0.2) is 0 Å². The molecule has 1 aliphatic heterocycles. The molecule has 6 heteroatoms. The van der Waals surface area contributed by atoms with Crippen LogP contribution in [0.1, 0.15) is 43.9 Å². The Balaban J connectivity index is 1.53. The Morgan fingerprint density at radius 2 is 2.32 bits per heavy atom. The van der Waals surface area contributed by atoms with Gasteiger partial charge in [0.25, 0.3) is 5.91 Å². The number of hydrogen-bond acceptors (Lipinski definition) is 4. The molecule has 1 aliphatic carbocycles. The van der Waals surface area contributed by atoms with E-state index in [1.54, 1.807) is 11.6 Å². The van der Waals surface area contributed by atoms with Crippen LogP contribution in [0.2, 0.25) is 0 Å². The lowest BCUT2D eigenvalue weighted by atomic mass is 10.1. The summed E-state index contributed by atoms with van der Waals surface area (Å²) in [5.41, 5.74) is 2.29. The van der Waals surface area contributed by atoms with E-state index in [-0.39, 0.29) is 12.0 Å². The lowest BCUT2D eigenvalue weighted by molar-refractivity contribution is -0.130. The molecule has 2 heterocycles. The molecule has 122 valence electrons. The number of hydrogen-bond donors (Lipinski definition) is 1. The number of carbonyl (C=O) groups excluding carboxylic acids is 1. The van der Waals surface area contributed by atoms with Gasteiger partial charge >= 0.3 is 0 Å². The Hall–Kier alpha value is -1.40. The standard InChI is InChI=1S/C16H25N3O3/c1-11(22-10-12-6-3-4-9-21-12)16(20)17-15-13-7-5-8-14(13)18-19(15)2/h11-12H,3-10H2,1-2H3,(H,17,20). The van der Waals surface area contributed by atoms with Crippen molar-refractivity contribution in [1.29, 1.82) is 0 Å². The fraction of sp³-hybridized carbons (Fsp3) is 0.750. The summed E-state index contributed by atoms with van der Waals surface area (Å²) in [7, 11) is 1.87. The van der Waals surface area contributed by atoms with Gasteiger partial charge in [-0.3, -0.25) is 9.48 Å². The van der Waals surface area contributed by atoms with Crippen molar-refractivity contribution in [2.24, 2.45) is 7.05 Å². The molecule has 1 amide bonds. The molecule has 0 saturated carbocycles. The van der Waals surface area contributed by atoms with E-state index in [2.05, 4.69) is 10.4 Å². The summed E-state index contributed by atoms with van der Waals surface area (Å²) in [6, 6.07) is 0. The molecule has 1 aromatic heterocycles. The van der Waals surface area contributed by atoms with E-state index in [9.17, 15) is 4.79 Å². The fourth-order valence-electron chi connectivity index (χ4n) is 3.16. The maximum atomic E-state index is 12.3. The maximum Gasteiger partial charge on any atom is 0.254 e. The van der Waals surface area contributed by atoms with Gasteiger partial charge in [-0.15, -0.1) is 0 Å². The van der Waals surface area contributed by atoms with E-state index in [1.165, 1.54) is 12.0 Å². The lowest BCUT2D eigenvalue weighted by Gasteiger charge is -2.24. The van der Waals surface area contributed by atoms with Gasteiger partial charge in [0.2, 0.25) is 0 Å². The van der Waals surface area contributed by atoms with E-state index in [0.29, 0.717) is 6.61 Å². The number of ether oxygens (including phenoxy) is 2. The Labute approximate surface area is 131 Å². The molecular formula is C16H25N3O3. The highest BCUT2D eigenvalue weighted by Crippen LogP contribution is 2.28. The van der Waals surface area contributed by atoms with Crippen LogP contribution in [0.4, 0.5) is 5.82 Å². The average Bonchev–Trinajstić information content (AvgIpc) is 3.08. The number of nitrogens with one attached hydrogen (secondary N) is 1. The Morgan fingerprint density at radius 1 is 1.45 bits per heavy atom. The van der Waals surface area contributed by atoms with Gasteiger partial charge in [-0.25, -0.2) is 0 Å². The summed E-state index contributed by atoms with van der Waals surface area (Å²) in [4.78, 5) is 12.3. The van der Waals surface area contributed by atoms with Crippen LogP contribution in [0, 0.1) is 0 Å². The van der Waals surface area contributed by atoms with Gasteiger partial charge in [0, 0.05) is 19.2 Å². The van der Waals surface area contributed by atoms with Gasteiger partial charge in [-0.05, 0) is 45.4 Å². The van der Waals surface area contributed by atoms with Crippen molar-refractivity contribution in [1.82, 2.24) is 9.78 Å². The first-order valence-electron chi connectivity index (χ1n) is 8.24. The fourth-order valence-corrected chi connectivity index (χ4v) is 3.16. The average molecular weight is 307 g/mol. The highest BCUT2D eigenvalue weighted by Gasteiger charge is 2.24. The number of aryl methyl sites for hydroxylation is 2. The second-order valence-corrected chi connectivity index (χ2v) is 6.20. The summed E-state index contributed by atoms with van der Waals surface area (Å²) >= 11 is 0. The van der Waals surface area contributed by atoms with Crippen LogP contribution in [0.25, 0.3) is 0 Å². The van der Waals surface area contributed by atoms with Gasteiger partial charge in [0.05, 0.1) is 18.4 Å². The van der Waals surface area contributed by atoms with Crippen LogP contribution < -0.4 is 5.32 Å². The summed E-state index contributed by atoms with van der Waals surface area (Å²) < 4.78 is 13.1. The van der Waals surface area contributed by atoms with Crippen molar-refractivity contribution in [2.75, 3.05) is 18.5 Å². The van der Waals surface area contributed by atoms with Crippen LogP contribution in [0.15, 0.2) is 0 Å². The number of fused-ring (bicyclic) bond motifs is 1. The highest BCUT2D eigenvalue weighted by molar-refractivity contribution is 5.94. The normalized spacial score (nSPS) is 22.4. The first-order chi connectivity index (χ1) is 10.6. The number of anilines is 1. The Kier molecular flexibility index (Phi) is 4.78. The number of rotatable bonds is 5. The van der Waals surface area contributed by atoms with Crippen molar-refractivity contribution in [3.63, 3.8) is 0 Å². The summed E-state index contributed by atoms with van der Waals surface area (Å²) in [5, 5.41) is 7.44. The number of aromatic nitrogens is 2. The molecule has 3 rings (SSSR count). The summed E-state index contributed by atoms with van der Waals surface area (Å²) in [5.74, 6) is 0.704. The summed E-state index contributed by atoms with van der Waals surface area (Å²) in [6.07, 6.45) is 6.07. The molecule has 1 fully saturated rings. The molecule has 22 heavy (non-hydrogen) atoms. The minimum absolute atomic E-state index is 0.117. The second-order valence-electron chi connectivity index (χ2n) is 6.20. The molecule has 0 radical (unpaired) electrons. The van der Waals surface area contributed by atoms with Crippen LogP contribution in [-0.4, -0.2) is 41.1 Å². The molecule has 1 N–H and O–H groups in total. The van der Waals surface area contributed by atoms with Gasteiger partial charge in [0.1, 0.15) is 11.9 Å². The van der Waals surface area contributed by atoms with E-state index in [0.717, 1.165) is 50.2 Å². The van der Waals surface area contributed by atoms with Crippen LogP contribution in [0.5, 0.6) is 0 Å². The van der Waals surface area contributed by atoms with Crippen molar-refractivity contribution >= 4 is 11.7 Å². The quantitative estimate of drug-likeness (QED) is 0.901. The lowest BCUT2D eigenvalue weighted by Crippen LogP contribution is -2.33. The van der Waals surface area contributed by atoms with E-state index in [4.69, 9.17) is 9.47 Å². The molecule has 2 unspecified atom stereocenters. The first-order valence-corrected chi connectivity index (χ1v) is 8.24. The minimum atomic E-state index is -0.488. The van der Waals surface area contributed by atoms with Crippen molar-refractivity contribution in [3.05, 3.63) is 11.3 Å². The van der Waals surface area contributed by atoms with Gasteiger partial charge in [-0.1, -0.05) is 0 Å². The zero-order valence-corrected chi connectivity index (χ0v) is 13.4. The molecule has 2 atom stereocenters. The minimum Gasteiger partial charge on any atom is -0.376 e. The largest absolute Gasteiger partial charge is 0.376 e. The third kappa shape index (κ3) is 3.33. The predicted octanol–water partition coefficient (Wildman–Crippen LogP) is 1.82. The smallest absolute Gasteiger partial charge is 0.254 e. The van der Waals surface area contributed by atoms with Crippen LogP contribution in [-0.2, 0) is 34.2 Å². The van der Waals surface area contributed by atoms with Crippen LogP contribution >= 0.6 is 0 Å². The van der Waals surface area contributed by atoms with Gasteiger partial charge < -0.3 is 14.8 Å². The Bertz CT molecular complexity index is 535. The zero-order chi connectivity index (χ0) is 15.5.